The second kappa shape index (κ2) is 7.11. The number of hydrogen-bond acceptors (Lipinski definition) is 5. The summed E-state index contributed by atoms with van der Waals surface area (Å²) in [6, 6.07) is 5.77. The molecule has 2 N–H and O–H groups in total. The molecule has 7 heteroatoms. The van der Waals surface area contributed by atoms with Crippen molar-refractivity contribution in [3.05, 3.63) is 40.2 Å². The molecular weight excluding hydrogens is 324 g/mol. The molecule has 126 valence electrons. The molecule has 0 spiro atoms. The second-order valence-corrected chi connectivity index (χ2v) is 6.66. The molecule has 0 atom stereocenters. The molecule has 1 aliphatic heterocycles. The molecule has 6 nitrogen and oxygen atoms in total. The van der Waals surface area contributed by atoms with Crippen LogP contribution < -0.4 is 5.73 Å². The SMILES string of the molecule is Cc1nc(-c2ccsc2)ccc1C(=O)N1CCN(CC(N)=O)CC1. The van der Waals surface area contributed by atoms with Gasteiger partial charge in [0.05, 0.1) is 23.5 Å². The van der Waals surface area contributed by atoms with E-state index in [9.17, 15) is 9.59 Å². The molecular formula is C17H20N4O2S. The summed E-state index contributed by atoms with van der Waals surface area (Å²) in [5.74, 6) is -0.338. The monoisotopic (exact) mass is 344 g/mol. The Morgan fingerprint density at radius 2 is 1.96 bits per heavy atom. The van der Waals surface area contributed by atoms with Crippen LogP contribution in [0.4, 0.5) is 0 Å². The van der Waals surface area contributed by atoms with Gasteiger partial charge < -0.3 is 10.6 Å². The second-order valence-electron chi connectivity index (χ2n) is 5.88. The number of pyridine rings is 1. The number of nitrogens with two attached hydrogens (primary N) is 1. The number of nitrogens with zero attached hydrogens (tertiary/aromatic N) is 3. The van der Waals surface area contributed by atoms with Gasteiger partial charge in [-0.15, -0.1) is 0 Å². The van der Waals surface area contributed by atoms with Crippen LogP contribution in [-0.4, -0.2) is 59.3 Å². The maximum Gasteiger partial charge on any atom is 0.255 e. The number of amides is 2. The first-order valence-electron chi connectivity index (χ1n) is 7.85. The van der Waals surface area contributed by atoms with Crippen molar-refractivity contribution >= 4 is 23.2 Å². The van der Waals surface area contributed by atoms with E-state index in [-0.39, 0.29) is 18.4 Å². The Morgan fingerprint density at radius 3 is 2.54 bits per heavy atom. The molecule has 24 heavy (non-hydrogen) atoms. The molecule has 0 radical (unpaired) electrons. The lowest BCUT2D eigenvalue weighted by molar-refractivity contribution is -0.119. The summed E-state index contributed by atoms with van der Waals surface area (Å²) in [7, 11) is 0. The van der Waals surface area contributed by atoms with Gasteiger partial charge in [-0.05, 0) is 30.5 Å². The fraction of sp³-hybridized carbons (Fsp3) is 0.353. The Morgan fingerprint density at radius 1 is 1.21 bits per heavy atom. The maximum absolute atomic E-state index is 12.7. The lowest BCUT2D eigenvalue weighted by Gasteiger charge is -2.34. The smallest absolute Gasteiger partial charge is 0.255 e. The van der Waals surface area contributed by atoms with Gasteiger partial charge in [-0.2, -0.15) is 11.3 Å². The number of hydrogen-bond donors (Lipinski definition) is 1. The van der Waals surface area contributed by atoms with E-state index in [0.717, 1.165) is 17.0 Å². The van der Waals surface area contributed by atoms with Crippen molar-refractivity contribution in [2.45, 2.75) is 6.92 Å². The molecule has 0 unspecified atom stereocenters. The van der Waals surface area contributed by atoms with E-state index in [2.05, 4.69) is 4.98 Å². The van der Waals surface area contributed by atoms with E-state index in [4.69, 9.17) is 5.73 Å². The van der Waals surface area contributed by atoms with Gasteiger partial charge in [0.15, 0.2) is 0 Å². The lowest BCUT2D eigenvalue weighted by atomic mass is 10.1. The number of aromatic nitrogens is 1. The minimum atomic E-state index is -0.334. The van der Waals surface area contributed by atoms with Crippen molar-refractivity contribution < 1.29 is 9.59 Å². The van der Waals surface area contributed by atoms with Crippen molar-refractivity contribution in [3.8, 4) is 11.3 Å². The number of carbonyl (C=O) groups is 2. The van der Waals surface area contributed by atoms with Gasteiger partial charge in [-0.25, -0.2) is 0 Å². The fourth-order valence-corrected chi connectivity index (χ4v) is 3.51. The van der Waals surface area contributed by atoms with Crippen LogP contribution in [0.1, 0.15) is 16.1 Å². The van der Waals surface area contributed by atoms with Gasteiger partial charge in [-0.1, -0.05) is 0 Å². The third-order valence-corrected chi connectivity index (χ3v) is 4.86. The van der Waals surface area contributed by atoms with E-state index in [0.29, 0.717) is 31.7 Å². The van der Waals surface area contributed by atoms with Gasteiger partial charge in [-0.3, -0.25) is 19.5 Å². The summed E-state index contributed by atoms with van der Waals surface area (Å²) >= 11 is 1.63. The molecule has 2 aromatic rings. The van der Waals surface area contributed by atoms with Gasteiger partial charge in [0.2, 0.25) is 5.91 Å². The summed E-state index contributed by atoms with van der Waals surface area (Å²) in [5, 5.41) is 4.05. The van der Waals surface area contributed by atoms with Crippen LogP contribution in [0.3, 0.4) is 0 Å². The number of rotatable bonds is 4. The molecule has 1 fully saturated rings. The zero-order chi connectivity index (χ0) is 17.1. The number of aryl methyl sites for hydroxylation is 1. The maximum atomic E-state index is 12.7. The summed E-state index contributed by atoms with van der Waals surface area (Å²) < 4.78 is 0. The van der Waals surface area contributed by atoms with E-state index >= 15 is 0 Å². The van der Waals surface area contributed by atoms with E-state index in [1.165, 1.54) is 0 Å². The Balaban J connectivity index is 1.68. The molecule has 1 aliphatic rings. The standard InChI is InChI=1S/C17H20N4O2S/c1-12-14(2-3-15(19-12)13-4-9-24-11-13)17(23)21-7-5-20(6-8-21)10-16(18)22/h2-4,9,11H,5-8,10H2,1H3,(H2,18,22). The largest absolute Gasteiger partial charge is 0.369 e. The first-order valence-corrected chi connectivity index (χ1v) is 8.79. The van der Waals surface area contributed by atoms with Crippen LogP contribution in [0.25, 0.3) is 11.3 Å². The molecule has 0 aromatic carbocycles. The van der Waals surface area contributed by atoms with E-state index < -0.39 is 0 Å². The highest BCUT2D eigenvalue weighted by molar-refractivity contribution is 7.08. The molecule has 1 saturated heterocycles. The summed E-state index contributed by atoms with van der Waals surface area (Å²) in [4.78, 5) is 32.0. The summed E-state index contributed by atoms with van der Waals surface area (Å²) in [6.07, 6.45) is 0. The first kappa shape index (κ1) is 16.6. The van der Waals surface area contributed by atoms with Crippen LogP contribution in [0, 0.1) is 6.92 Å². The minimum absolute atomic E-state index is 0.00408. The minimum Gasteiger partial charge on any atom is -0.369 e. The van der Waals surface area contributed by atoms with Gasteiger partial charge in [0, 0.05) is 37.1 Å². The van der Waals surface area contributed by atoms with Crippen LogP contribution >= 0.6 is 11.3 Å². The molecule has 3 heterocycles. The zero-order valence-corrected chi connectivity index (χ0v) is 14.4. The Bertz CT molecular complexity index is 737. The molecule has 0 aliphatic carbocycles. The average molecular weight is 344 g/mol. The van der Waals surface area contributed by atoms with Gasteiger partial charge >= 0.3 is 0 Å². The van der Waals surface area contributed by atoms with Crippen molar-refractivity contribution in [3.63, 3.8) is 0 Å². The molecule has 0 saturated carbocycles. The lowest BCUT2D eigenvalue weighted by Crippen LogP contribution is -2.50. The average Bonchev–Trinajstić information content (AvgIpc) is 3.09. The first-order chi connectivity index (χ1) is 11.5. The third-order valence-electron chi connectivity index (χ3n) is 4.17. The van der Waals surface area contributed by atoms with Crippen LogP contribution in [0.2, 0.25) is 0 Å². The predicted octanol–water partition coefficient (Wildman–Crippen LogP) is 1.36. The molecule has 2 aromatic heterocycles. The zero-order valence-electron chi connectivity index (χ0n) is 13.6. The predicted molar refractivity (Wildman–Crippen MR) is 93.8 cm³/mol. The van der Waals surface area contributed by atoms with Crippen molar-refractivity contribution in [2.24, 2.45) is 5.73 Å². The van der Waals surface area contributed by atoms with Gasteiger partial charge in [0.1, 0.15) is 0 Å². The van der Waals surface area contributed by atoms with E-state index in [1.54, 1.807) is 11.3 Å². The molecule has 2 amide bonds. The van der Waals surface area contributed by atoms with Crippen molar-refractivity contribution in [1.29, 1.82) is 0 Å². The highest BCUT2D eigenvalue weighted by atomic mass is 32.1. The molecule has 0 bridgehead atoms. The third kappa shape index (κ3) is 3.63. The normalized spacial score (nSPS) is 15.5. The van der Waals surface area contributed by atoms with Gasteiger partial charge in [0.25, 0.3) is 5.91 Å². The Labute approximate surface area is 144 Å². The highest BCUT2D eigenvalue weighted by Gasteiger charge is 2.24. The van der Waals surface area contributed by atoms with Crippen LogP contribution in [0.5, 0.6) is 0 Å². The van der Waals surface area contributed by atoms with Crippen molar-refractivity contribution in [1.82, 2.24) is 14.8 Å². The van der Waals surface area contributed by atoms with Crippen LogP contribution in [-0.2, 0) is 4.79 Å². The number of piperazine rings is 1. The van der Waals surface area contributed by atoms with Crippen LogP contribution in [0.15, 0.2) is 29.0 Å². The van der Waals surface area contributed by atoms with E-state index in [1.807, 2.05) is 45.7 Å². The summed E-state index contributed by atoms with van der Waals surface area (Å²) in [5.41, 5.74) is 8.55. The quantitative estimate of drug-likeness (QED) is 0.908. The Kier molecular flexibility index (Phi) is 4.92. The number of carbonyl (C=O) groups excluding carboxylic acids is 2. The highest BCUT2D eigenvalue weighted by Crippen LogP contribution is 2.22. The molecule has 3 rings (SSSR count). The Hall–Kier alpha value is -2.25. The summed E-state index contributed by atoms with van der Waals surface area (Å²) in [6.45, 7) is 4.63. The number of thiophene rings is 1. The number of primary amides is 1. The van der Waals surface area contributed by atoms with Crippen molar-refractivity contribution in [2.75, 3.05) is 32.7 Å². The fourth-order valence-electron chi connectivity index (χ4n) is 2.86. The topological polar surface area (TPSA) is 79.5 Å².